The van der Waals surface area contributed by atoms with Gasteiger partial charge in [0.05, 0.1) is 0 Å². The van der Waals surface area contributed by atoms with Crippen LogP contribution in [0, 0.1) is 0 Å². The second kappa shape index (κ2) is 6.21. The normalized spacial score (nSPS) is 19.9. The number of anilines is 1. The lowest BCUT2D eigenvalue weighted by atomic mass is 9.98. The zero-order valence-corrected chi connectivity index (χ0v) is 11.4. The van der Waals surface area contributed by atoms with Crippen LogP contribution in [0.2, 0.25) is 0 Å². The third-order valence-corrected chi connectivity index (χ3v) is 3.89. The molecule has 1 aliphatic rings. The average molecular weight is 248 g/mol. The number of fused-ring (bicyclic) bond motifs is 1. The van der Waals surface area contributed by atoms with Gasteiger partial charge in [-0.15, -0.1) is 0 Å². The van der Waals surface area contributed by atoms with Gasteiger partial charge in [0.2, 0.25) is 0 Å². The van der Waals surface area contributed by atoms with Crippen LogP contribution < -0.4 is 10.6 Å². The molecule has 1 aromatic carbocycles. The number of nitrogens with two attached hydrogens (primary N) is 1. The lowest BCUT2D eigenvalue weighted by molar-refractivity contribution is 0.188. The molecule has 18 heavy (non-hydrogen) atoms. The van der Waals surface area contributed by atoms with Crippen LogP contribution >= 0.6 is 0 Å². The molecule has 0 saturated carbocycles. The van der Waals surface area contributed by atoms with Crippen LogP contribution in [0.15, 0.2) is 24.3 Å². The van der Waals surface area contributed by atoms with Crippen LogP contribution in [0.4, 0.5) is 5.69 Å². The van der Waals surface area contributed by atoms with Gasteiger partial charge in [-0.05, 0) is 37.9 Å². The van der Waals surface area contributed by atoms with Crippen molar-refractivity contribution in [2.45, 2.75) is 31.7 Å². The fraction of sp³-hybridized carbons (Fsp3) is 0.600. The SMILES string of the molecule is COCCC(C)N1CC(CCN)c2ccccc21. The smallest absolute Gasteiger partial charge is 0.0481 e. The Hall–Kier alpha value is -1.06. The van der Waals surface area contributed by atoms with Gasteiger partial charge in [-0.25, -0.2) is 0 Å². The molecule has 0 aliphatic carbocycles. The monoisotopic (exact) mass is 248 g/mol. The summed E-state index contributed by atoms with van der Waals surface area (Å²) in [5.41, 5.74) is 8.58. The first-order valence-electron chi connectivity index (χ1n) is 6.82. The van der Waals surface area contributed by atoms with E-state index in [2.05, 4.69) is 36.1 Å². The first-order valence-corrected chi connectivity index (χ1v) is 6.82. The number of para-hydroxylation sites is 1. The molecule has 0 spiro atoms. The molecule has 3 heteroatoms. The van der Waals surface area contributed by atoms with Gasteiger partial charge in [0.15, 0.2) is 0 Å². The van der Waals surface area contributed by atoms with E-state index in [1.54, 1.807) is 7.11 Å². The molecule has 1 aromatic rings. The maximum Gasteiger partial charge on any atom is 0.0481 e. The summed E-state index contributed by atoms with van der Waals surface area (Å²) in [4.78, 5) is 2.51. The third kappa shape index (κ3) is 2.68. The van der Waals surface area contributed by atoms with Crippen molar-refractivity contribution in [3.63, 3.8) is 0 Å². The van der Waals surface area contributed by atoms with Gasteiger partial charge in [0.1, 0.15) is 0 Å². The molecule has 3 nitrogen and oxygen atoms in total. The highest BCUT2D eigenvalue weighted by molar-refractivity contribution is 5.60. The second-order valence-corrected chi connectivity index (χ2v) is 5.12. The number of ether oxygens (including phenoxy) is 1. The Kier molecular flexibility index (Phi) is 4.61. The molecule has 0 fully saturated rings. The van der Waals surface area contributed by atoms with Crippen LogP contribution in [-0.2, 0) is 4.74 Å². The first kappa shape index (κ1) is 13.4. The number of hydrogen-bond donors (Lipinski definition) is 1. The number of methoxy groups -OCH3 is 1. The predicted octanol–water partition coefficient (Wildman–Crippen LogP) is 2.36. The zero-order chi connectivity index (χ0) is 13.0. The topological polar surface area (TPSA) is 38.5 Å². The summed E-state index contributed by atoms with van der Waals surface area (Å²) in [6.45, 7) is 4.96. The van der Waals surface area contributed by atoms with E-state index in [9.17, 15) is 0 Å². The van der Waals surface area contributed by atoms with Crippen LogP contribution in [0.25, 0.3) is 0 Å². The van der Waals surface area contributed by atoms with Crippen molar-refractivity contribution >= 4 is 5.69 Å². The van der Waals surface area contributed by atoms with E-state index in [4.69, 9.17) is 10.5 Å². The largest absolute Gasteiger partial charge is 0.385 e. The molecular weight excluding hydrogens is 224 g/mol. The van der Waals surface area contributed by atoms with Crippen LogP contribution in [0.5, 0.6) is 0 Å². The number of nitrogens with zero attached hydrogens (tertiary/aromatic N) is 1. The minimum atomic E-state index is 0.522. The van der Waals surface area contributed by atoms with Crippen molar-refractivity contribution in [1.82, 2.24) is 0 Å². The van der Waals surface area contributed by atoms with Gasteiger partial charge in [-0.2, -0.15) is 0 Å². The van der Waals surface area contributed by atoms with Gasteiger partial charge < -0.3 is 15.4 Å². The number of benzene rings is 1. The Morgan fingerprint density at radius 1 is 1.44 bits per heavy atom. The van der Waals surface area contributed by atoms with Crippen molar-refractivity contribution in [2.24, 2.45) is 5.73 Å². The third-order valence-electron chi connectivity index (χ3n) is 3.89. The van der Waals surface area contributed by atoms with Gasteiger partial charge in [0, 0.05) is 37.9 Å². The molecule has 2 rings (SSSR count). The Morgan fingerprint density at radius 2 is 2.22 bits per heavy atom. The summed E-state index contributed by atoms with van der Waals surface area (Å²) in [7, 11) is 1.77. The fourth-order valence-corrected chi connectivity index (χ4v) is 2.84. The highest BCUT2D eigenvalue weighted by atomic mass is 16.5. The Balaban J connectivity index is 2.14. The highest BCUT2D eigenvalue weighted by Crippen LogP contribution is 2.39. The molecule has 0 radical (unpaired) electrons. The zero-order valence-electron chi connectivity index (χ0n) is 11.4. The molecule has 2 atom stereocenters. The summed E-state index contributed by atoms with van der Waals surface area (Å²) in [5.74, 6) is 0.594. The van der Waals surface area contributed by atoms with Crippen LogP contribution in [0.1, 0.15) is 31.2 Å². The van der Waals surface area contributed by atoms with Gasteiger partial charge in [-0.1, -0.05) is 18.2 Å². The second-order valence-electron chi connectivity index (χ2n) is 5.12. The molecular formula is C15H24N2O. The van der Waals surface area contributed by atoms with E-state index in [0.717, 1.165) is 32.5 Å². The molecule has 0 saturated heterocycles. The molecule has 100 valence electrons. The van der Waals surface area contributed by atoms with Crippen molar-refractivity contribution in [1.29, 1.82) is 0 Å². The summed E-state index contributed by atoms with van der Waals surface area (Å²) in [5, 5.41) is 0. The molecule has 0 bridgehead atoms. The van der Waals surface area contributed by atoms with E-state index in [0.29, 0.717) is 12.0 Å². The van der Waals surface area contributed by atoms with Crippen molar-refractivity contribution in [3.05, 3.63) is 29.8 Å². The standard InChI is InChI=1S/C15H24N2O/c1-12(8-10-18-2)17-11-13(7-9-16)14-5-3-4-6-15(14)17/h3-6,12-13H,7-11,16H2,1-2H3. The quantitative estimate of drug-likeness (QED) is 0.840. The predicted molar refractivity (Wildman–Crippen MR) is 76.2 cm³/mol. The average Bonchev–Trinajstić information content (AvgIpc) is 2.76. The van der Waals surface area contributed by atoms with E-state index in [1.165, 1.54) is 11.3 Å². The maximum atomic E-state index is 5.73. The van der Waals surface area contributed by atoms with E-state index in [1.807, 2.05) is 0 Å². The molecule has 1 heterocycles. The maximum absolute atomic E-state index is 5.73. The van der Waals surface area contributed by atoms with Crippen molar-refractivity contribution in [2.75, 3.05) is 31.7 Å². The molecule has 0 amide bonds. The van der Waals surface area contributed by atoms with E-state index in [-0.39, 0.29) is 0 Å². The van der Waals surface area contributed by atoms with Gasteiger partial charge in [0.25, 0.3) is 0 Å². The molecule has 1 aliphatic heterocycles. The lowest BCUT2D eigenvalue weighted by Gasteiger charge is -2.27. The summed E-state index contributed by atoms with van der Waals surface area (Å²) in [6, 6.07) is 9.26. The van der Waals surface area contributed by atoms with Gasteiger partial charge in [-0.3, -0.25) is 0 Å². The summed E-state index contributed by atoms with van der Waals surface area (Å²) >= 11 is 0. The fourth-order valence-electron chi connectivity index (χ4n) is 2.84. The summed E-state index contributed by atoms with van der Waals surface area (Å²) in [6.07, 6.45) is 2.14. The minimum Gasteiger partial charge on any atom is -0.385 e. The summed E-state index contributed by atoms with van der Waals surface area (Å²) < 4.78 is 5.19. The Bertz CT molecular complexity index is 381. The van der Waals surface area contributed by atoms with Crippen LogP contribution in [-0.4, -0.2) is 32.8 Å². The van der Waals surface area contributed by atoms with Crippen molar-refractivity contribution < 1.29 is 4.74 Å². The van der Waals surface area contributed by atoms with E-state index >= 15 is 0 Å². The molecule has 2 unspecified atom stereocenters. The highest BCUT2D eigenvalue weighted by Gasteiger charge is 2.30. The Morgan fingerprint density at radius 3 is 2.94 bits per heavy atom. The first-order chi connectivity index (χ1) is 8.77. The molecule has 0 aromatic heterocycles. The Labute approximate surface area is 110 Å². The minimum absolute atomic E-state index is 0.522. The lowest BCUT2D eigenvalue weighted by Crippen LogP contribution is -2.33. The van der Waals surface area contributed by atoms with Crippen molar-refractivity contribution in [3.8, 4) is 0 Å². The number of rotatable bonds is 6. The molecule has 2 N–H and O–H groups in total. The number of hydrogen-bond acceptors (Lipinski definition) is 3. The van der Waals surface area contributed by atoms with Crippen LogP contribution in [0.3, 0.4) is 0 Å². The van der Waals surface area contributed by atoms with Gasteiger partial charge >= 0.3 is 0 Å². The van der Waals surface area contributed by atoms with E-state index < -0.39 is 0 Å².